The Balaban J connectivity index is 1.78. The van der Waals surface area contributed by atoms with Crippen LogP contribution in [0.3, 0.4) is 0 Å². The van der Waals surface area contributed by atoms with Crippen LogP contribution in [-0.4, -0.2) is 27.6 Å². The molecule has 1 aliphatic rings. The summed E-state index contributed by atoms with van der Waals surface area (Å²) in [5, 5.41) is 12.2. The fourth-order valence-electron chi connectivity index (χ4n) is 3.21. The highest BCUT2D eigenvalue weighted by molar-refractivity contribution is 5.80. The van der Waals surface area contributed by atoms with Crippen LogP contribution < -0.4 is 5.32 Å². The van der Waals surface area contributed by atoms with Crippen molar-refractivity contribution in [2.24, 2.45) is 18.9 Å². The number of carbonyl (C=O) groups excluding carboxylic acids is 1. The van der Waals surface area contributed by atoms with Crippen molar-refractivity contribution < 1.29 is 14.7 Å². The zero-order chi connectivity index (χ0) is 16.1. The highest BCUT2D eigenvalue weighted by Crippen LogP contribution is 2.29. The molecule has 0 saturated heterocycles. The number of aliphatic carboxylic acids is 1. The minimum absolute atomic E-state index is 0.0188. The lowest BCUT2D eigenvalue weighted by Crippen LogP contribution is -2.40. The largest absolute Gasteiger partial charge is 0.481 e. The van der Waals surface area contributed by atoms with Gasteiger partial charge in [-0.05, 0) is 51.2 Å². The molecule has 2 rings (SSSR count). The number of carbonyl (C=O) groups is 2. The highest BCUT2D eigenvalue weighted by Gasteiger charge is 2.31. The third-order valence-electron chi connectivity index (χ3n) is 4.67. The van der Waals surface area contributed by atoms with Crippen LogP contribution in [0.2, 0.25) is 0 Å². The van der Waals surface area contributed by atoms with E-state index in [-0.39, 0.29) is 23.8 Å². The predicted molar refractivity (Wildman–Crippen MR) is 84.4 cm³/mol. The van der Waals surface area contributed by atoms with Crippen LogP contribution in [0.1, 0.15) is 44.7 Å². The number of aryl methyl sites for hydroxylation is 2. The first-order valence-corrected chi connectivity index (χ1v) is 8.10. The summed E-state index contributed by atoms with van der Waals surface area (Å²) in [4.78, 5) is 23.4. The molecule has 0 radical (unpaired) electrons. The van der Waals surface area contributed by atoms with Crippen LogP contribution in [0.5, 0.6) is 0 Å². The van der Waals surface area contributed by atoms with Crippen molar-refractivity contribution in [1.82, 2.24) is 9.88 Å². The lowest BCUT2D eigenvalue weighted by molar-refractivity contribution is -0.144. The molecule has 1 amide bonds. The van der Waals surface area contributed by atoms with Gasteiger partial charge in [0.1, 0.15) is 0 Å². The van der Waals surface area contributed by atoms with E-state index in [1.54, 1.807) is 0 Å². The second kappa shape index (κ2) is 7.47. The van der Waals surface area contributed by atoms with Gasteiger partial charge in [-0.1, -0.05) is 6.42 Å². The summed E-state index contributed by atoms with van der Waals surface area (Å²) < 4.78 is 2.09. The number of hydrogen-bond acceptors (Lipinski definition) is 2. The van der Waals surface area contributed by atoms with E-state index in [4.69, 9.17) is 5.11 Å². The molecule has 0 bridgehead atoms. The van der Waals surface area contributed by atoms with Gasteiger partial charge < -0.3 is 15.0 Å². The van der Waals surface area contributed by atoms with Gasteiger partial charge in [-0.25, -0.2) is 0 Å². The summed E-state index contributed by atoms with van der Waals surface area (Å²) in [5.74, 6) is -1.25. The number of rotatable bonds is 6. The van der Waals surface area contributed by atoms with E-state index >= 15 is 0 Å². The van der Waals surface area contributed by atoms with Gasteiger partial charge in [-0.15, -0.1) is 0 Å². The van der Waals surface area contributed by atoms with E-state index in [9.17, 15) is 9.59 Å². The van der Waals surface area contributed by atoms with Crippen molar-refractivity contribution in [2.45, 2.75) is 51.5 Å². The van der Waals surface area contributed by atoms with Crippen molar-refractivity contribution in [2.75, 3.05) is 0 Å². The second-order valence-corrected chi connectivity index (χ2v) is 6.46. The molecular formula is C17H26N2O3. The van der Waals surface area contributed by atoms with E-state index in [2.05, 4.69) is 16.0 Å². The van der Waals surface area contributed by atoms with Gasteiger partial charge >= 0.3 is 5.97 Å². The monoisotopic (exact) mass is 306 g/mol. The van der Waals surface area contributed by atoms with Gasteiger partial charge in [0.25, 0.3) is 0 Å². The number of amides is 1. The molecule has 0 spiro atoms. The minimum atomic E-state index is -0.769. The standard InChI is InChI=1S/C17H26N2O3/c1-12(8-9-15-7-4-10-19(15)2)18-16(20)13-5-3-6-14(11-13)17(21)22/h4,7,10,12-14H,3,5-6,8-9,11H2,1-2H3,(H,18,20)(H,21,22). The van der Waals surface area contributed by atoms with Crippen molar-refractivity contribution in [3.8, 4) is 0 Å². The molecule has 1 aromatic rings. The fraction of sp³-hybridized carbons (Fsp3) is 0.647. The number of carboxylic acid groups (broad SMARTS) is 1. The molecule has 0 aromatic carbocycles. The number of carboxylic acids is 1. The average Bonchev–Trinajstić information content (AvgIpc) is 2.90. The first-order valence-electron chi connectivity index (χ1n) is 8.10. The summed E-state index contributed by atoms with van der Waals surface area (Å²) >= 11 is 0. The number of hydrogen-bond donors (Lipinski definition) is 2. The van der Waals surface area contributed by atoms with Crippen molar-refractivity contribution in [3.05, 3.63) is 24.0 Å². The van der Waals surface area contributed by atoms with E-state index in [0.717, 1.165) is 25.7 Å². The SMILES string of the molecule is CC(CCc1cccn1C)NC(=O)C1CCCC(C(=O)O)C1. The Bertz CT molecular complexity index is 524. The number of aromatic nitrogens is 1. The summed E-state index contributed by atoms with van der Waals surface area (Å²) in [7, 11) is 2.02. The Hall–Kier alpha value is -1.78. The normalized spacial score (nSPS) is 23.0. The van der Waals surface area contributed by atoms with E-state index in [1.807, 2.05) is 26.2 Å². The molecule has 1 fully saturated rings. The molecule has 3 atom stereocenters. The molecule has 122 valence electrons. The Morgan fingerprint density at radius 3 is 2.77 bits per heavy atom. The van der Waals surface area contributed by atoms with Gasteiger partial charge in [0.15, 0.2) is 0 Å². The van der Waals surface area contributed by atoms with Crippen LogP contribution in [0.25, 0.3) is 0 Å². The third kappa shape index (κ3) is 4.36. The Labute approximate surface area is 131 Å². The molecule has 2 N–H and O–H groups in total. The van der Waals surface area contributed by atoms with Crippen LogP contribution in [0.15, 0.2) is 18.3 Å². The number of nitrogens with one attached hydrogen (secondary N) is 1. The maximum Gasteiger partial charge on any atom is 0.306 e. The van der Waals surface area contributed by atoms with Crippen LogP contribution in [0, 0.1) is 11.8 Å². The van der Waals surface area contributed by atoms with Crippen molar-refractivity contribution >= 4 is 11.9 Å². The zero-order valence-electron chi connectivity index (χ0n) is 13.4. The van der Waals surface area contributed by atoms with Crippen molar-refractivity contribution in [1.29, 1.82) is 0 Å². The second-order valence-electron chi connectivity index (χ2n) is 6.46. The molecule has 1 aromatic heterocycles. The maximum atomic E-state index is 12.3. The van der Waals surface area contributed by atoms with Crippen LogP contribution in [0.4, 0.5) is 0 Å². The lowest BCUT2D eigenvalue weighted by Gasteiger charge is -2.27. The molecule has 1 heterocycles. The van der Waals surface area contributed by atoms with E-state index in [1.165, 1.54) is 5.69 Å². The molecule has 1 saturated carbocycles. The number of nitrogens with zero attached hydrogens (tertiary/aromatic N) is 1. The molecule has 0 aliphatic heterocycles. The Morgan fingerprint density at radius 1 is 1.41 bits per heavy atom. The molecule has 22 heavy (non-hydrogen) atoms. The van der Waals surface area contributed by atoms with Gasteiger partial charge in [0, 0.05) is 30.9 Å². The third-order valence-corrected chi connectivity index (χ3v) is 4.67. The average molecular weight is 306 g/mol. The van der Waals surface area contributed by atoms with Gasteiger partial charge in [0.05, 0.1) is 5.92 Å². The first kappa shape index (κ1) is 16.6. The quantitative estimate of drug-likeness (QED) is 0.847. The van der Waals surface area contributed by atoms with E-state index in [0.29, 0.717) is 12.8 Å². The molecular weight excluding hydrogens is 280 g/mol. The highest BCUT2D eigenvalue weighted by atomic mass is 16.4. The summed E-state index contributed by atoms with van der Waals surface area (Å²) in [6, 6.07) is 4.22. The smallest absolute Gasteiger partial charge is 0.306 e. The zero-order valence-corrected chi connectivity index (χ0v) is 13.4. The van der Waals surface area contributed by atoms with Gasteiger partial charge in [-0.3, -0.25) is 9.59 Å². The molecule has 3 unspecified atom stereocenters. The van der Waals surface area contributed by atoms with Crippen LogP contribution >= 0.6 is 0 Å². The summed E-state index contributed by atoms with van der Waals surface area (Å²) in [5.41, 5.74) is 1.25. The molecule has 1 aliphatic carbocycles. The van der Waals surface area contributed by atoms with Crippen molar-refractivity contribution in [3.63, 3.8) is 0 Å². The van der Waals surface area contributed by atoms with Gasteiger partial charge in [-0.2, -0.15) is 0 Å². The predicted octanol–water partition coefficient (Wildman–Crippen LogP) is 2.35. The van der Waals surface area contributed by atoms with Crippen LogP contribution in [-0.2, 0) is 23.1 Å². The minimum Gasteiger partial charge on any atom is -0.481 e. The maximum absolute atomic E-state index is 12.3. The molecule has 5 nitrogen and oxygen atoms in total. The molecule has 5 heteroatoms. The summed E-state index contributed by atoms with van der Waals surface area (Å²) in [6.07, 6.45) is 6.64. The lowest BCUT2D eigenvalue weighted by atomic mass is 9.81. The summed E-state index contributed by atoms with van der Waals surface area (Å²) in [6.45, 7) is 2.01. The van der Waals surface area contributed by atoms with E-state index < -0.39 is 5.97 Å². The Morgan fingerprint density at radius 2 is 2.14 bits per heavy atom. The topological polar surface area (TPSA) is 71.3 Å². The van der Waals surface area contributed by atoms with Gasteiger partial charge in [0.2, 0.25) is 5.91 Å². The first-order chi connectivity index (χ1) is 10.5. The fourth-order valence-corrected chi connectivity index (χ4v) is 3.21. The Kier molecular flexibility index (Phi) is 5.63.